The lowest BCUT2D eigenvalue weighted by Crippen LogP contribution is -2.52. The highest BCUT2D eigenvalue weighted by Crippen LogP contribution is 2.09. The number of likely N-dealkylation sites (N-methyl/N-ethyl adjacent to an activating group) is 1. The Morgan fingerprint density at radius 2 is 1.28 bits per heavy atom. The highest BCUT2D eigenvalue weighted by atomic mass is 16.2. The van der Waals surface area contributed by atoms with Gasteiger partial charge in [0.2, 0.25) is 11.8 Å². The molecule has 1 rings (SSSR count). The van der Waals surface area contributed by atoms with E-state index in [4.69, 9.17) is 0 Å². The number of hydrogen-bond acceptors (Lipinski definition) is 3. The van der Waals surface area contributed by atoms with Crippen LogP contribution in [0.25, 0.3) is 0 Å². The van der Waals surface area contributed by atoms with E-state index in [0.717, 1.165) is 13.1 Å². The zero-order valence-corrected chi connectivity index (χ0v) is 16.8. The Morgan fingerprint density at radius 1 is 0.760 bits per heavy atom. The molecule has 1 aliphatic heterocycles. The number of piperazine rings is 1. The van der Waals surface area contributed by atoms with Gasteiger partial charge in [-0.15, -0.1) is 0 Å². The molecule has 0 aromatic heterocycles. The van der Waals surface area contributed by atoms with Crippen molar-refractivity contribution in [2.24, 2.45) is 0 Å². The molecule has 0 saturated carbocycles. The van der Waals surface area contributed by atoms with Gasteiger partial charge in [-0.05, 0) is 19.5 Å². The van der Waals surface area contributed by atoms with Gasteiger partial charge in [0.25, 0.3) is 0 Å². The van der Waals surface area contributed by atoms with Crippen LogP contribution in [0.15, 0.2) is 0 Å². The summed E-state index contributed by atoms with van der Waals surface area (Å²) in [5.74, 6) is 0.412. The molecule has 0 radical (unpaired) electrons. The lowest BCUT2D eigenvalue weighted by Gasteiger charge is -2.35. The zero-order valence-electron chi connectivity index (χ0n) is 16.8. The van der Waals surface area contributed by atoms with Crippen molar-refractivity contribution in [1.29, 1.82) is 0 Å². The summed E-state index contributed by atoms with van der Waals surface area (Å²) in [7, 11) is 0. The fourth-order valence-electron chi connectivity index (χ4n) is 3.36. The molecule has 146 valence electrons. The Hall–Kier alpha value is -1.10. The molecule has 5 heteroatoms. The SMILES string of the molecule is CCCCCCCCCN(CC)CC(=O)N1CCN(C(=O)CC)CC1. The van der Waals surface area contributed by atoms with Crippen LogP contribution in [0.5, 0.6) is 0 Å². The molecule has 0 bridgehead atoms. The Bertz CT molecular complexity index is 379. The summed E-state index contributed by atoms with van der Waals surface area (Å²) in [5, 5.41) is 0. The molecule has 1 saturated heterocycles. The summed E-state index contributed by atoms with van der Waals surface area (Å²) in [4.78, 5) is 30.3. The first kappa shape index (κ1) is 21.9. The van der Waals surface area contributed by atoms with Gasteiger partial charge in [-0.2, -0.15) is 0 Å². The molecule has 5 nitrogen and oxygen atoms in total. The van der Waals surface area contributed by atoms with Crippen LogP contribution in [0.2, 0.25) is 0 Å². The van der Waals surface area contributed by atoms with Crippen molar-refractivity contribution in [3.63, 3.8) is 0 Å². The minimum Gasteiger partial charge on any atom is -0.339 e. The smallest absolute Gasteiger partial charge is 0.236 e. The third-order valence-electron chi connectivity index (χ3n) is 5.17. The van der Waals surface area contributed by atoms with Gasteiger partial charge in [-0.3, -0.25) is 14.5 Å². The molecule has 2 amide bonds. The minimum atomic E-state index is 0.196. The molecule has 25 heavy (non-hydrogen) atoms. The van der Waals surface area contributed by atoms with Crippen LogP contribution in [0.1, 0.15) is 72.1 Å². The predicted molar refractivity (Wildman–Crippen MR) is 104 cm³/mol. The van der Waals surface area contributed by atoms with E-state index in [-0.39, 0.29) is 11.8 Å². The van der Waals surface area contributed by atoms with E-state index in [1.807, 2.05) is 16.7 Å². The van der Waals surface area contributed by atoms with Crippen LogP contribution in [0, 0.1) is 0 Å². The number of rotatable bonds is 12. The normalized spacial score (nSPS) is 15.0. The largest absolute Gasteiger partial charge is 0.339 e. The molecule has 0 N–H and O–H groups in total. The number of nitrogens with zero attached hydrogens (tertiary/aromatic N) is 3. The maximum Gasteiger partial charge on any atom is 0.236 e. The highest BCUT2D eigenvalue weighted by Gasteiger charge is 2.24. The van der Waals surface area contributed by atoms with Crippen molar-refractivity contribution >= 4 is 11.8 Å². The van der Waals surface area contributed by atoms with Crippen LogP contribution < -0.4 is 0 Å². The number of hydrogen-bond donors (Lipinski definition) is 0. The average molecular weight is 354 g/mol. The van der Waals surface area contributed by atoms with Crippen LogP contribution in [0.3, 0.4) is 0 Å². The van der Waals surface area contributed by atoms with Crippen molar-refractivity contribution in [3.8, 4) is 0 Å². The lowest BCUT2D eigenvalue weighted by molar-refractivity contribution is -0.140. The van der Waals surface area contributed by atoms with Crippen LogP contribution in [-0.4, -0.2) is 72.3 Å². The minimum absolute atomic E-state index is 0.196. The molecule has 0 aliphatic carbocycles. The quantitative estimate of drug-likeness (QED) is 0.506. The van der Waals surface area contributed by atoms with Gasteiger partial charge >= 0.3 is 0 Å². The molecule has 0 spiro atoms. The summed E-state index contributed by atoms with van der Waals surface area (Å²) in [6.07, 6.45) is 9.69. The van der Waals surface area contributed by atoms with Gasteiger partial charge in [0, 0.05) is 32.6 Å². The van der Waals surface area contributed by atoms with Crippen molar-refractivity contribution in [2.75, 3.05) is 45.8 Å². The Labute approximate surface area is 154 Å². The van der Waals surface area contributed by atoms with Gasteiger partial charge in [-0.1, -0.05) is 59.3 Å². The molecule has 0 aromatic carbocycles. The second kappa shape index (κ2) is 13.2. The summed E-state index contributed by atoms with van der Waals surface area (Å²) in [6, 6.07) is 0. The fraction of sp³-hybridized carbons (Fsp3) is 0.900. The predicted octanol–water partition coefficient (Wildman–Crippen LogP) is 3.14. The topological polar surface area (TPSA) is 43.9 Å². The van der Waals surface area contributed by atoms with E-state index in [1.165, 1.54) is 44.9 Å². The van der Waals surface area contributed by atoms with E-state index in [0.29, 0.717) is 39.1 Å². The van der Waals surface area contributed by atoms with Gasteiger partial charge in [0.15, 0.2) is 0 Å². The van der Waals surface area contributed by atoms with Crippen molar-refractivity contribution in [3.05, 3.63) is 0 Å². The number of carbonyl (C=O) groups excluding carboxylic acids is 2. The zero-order chi connectivity index (χ0) is 18.5. The number of amides is 2. The molecule has 0 atom stereocenters. The van der Waals surface area contributed by atoms with E-state index in [1.54, 1.807) is 0 Å². The average Bonchev–Trinajstić information content (AvgIpc) is 2.65. The fourth-order valence-corrected chi connectivity index (χ4v) is 3.36. The third kappa shape index (κ3) is 8.70. The maximum absolute atomic E-state index is 12.5. The molecule has 0 unspecified atom stereocenters. The van der Waals surface area contributed by atoms with Crippen LogP contribution >= 0.6 is 0 Å². The second-order valence-corrected chi connectivity index (χ2v) is 7.11. The first-order valence-corrected chi connectivity index (χ1v) is 10.4. The Kier molecular flexibility index (Phi) is 11.5. The maximum atomic E-state index is 12.5. The molecule has 0 aromatic rings. The summed E-state index contributed by atoms with van der Waals surface area (Å²) >= 11 is 0. The third-order valence-corrected chi connectivity index (χ3v) is 5.17. The van der Waals surface area contributed by atoms with Crippen LogP contribution in [-0.2, 0) is 9.59 Å². The van der Waals surface area contributed by atoms with E-state index < -0.39 is 0 Å². The summed E-state index contributed by atoms with van der Waals surface area (Å²) in [5.41, 5.74) is 0. The first-order chi connectivity index (χ1) is 12.1. The second-order valence-electron chi connectivity index (χ2n) is 7.11. The monoisotopic (exact) mass is 353 g/mol. The lowest BCUT2D eigenvalue weighted by atomic mass is 10.1. The molecular weight excluding hydrogens is 314 g/mol. The summed E-state index contributed by atoms with van der Waals surface area (Å²) < 4.78 is 0. The number of carbonyl (C=O) groups is 2. The van der Waals surface area contributed by atoms with E-state index in [9.17, 15) is 9.59 Å². The molecular formula is C20H39N3O2. The molecule has 1 heterocycles. The highest BCUT2D eigenvalue weighted by molar-refractivity contribution is 5.79. The van der Waals surface area contributed by atoms with E-state index in [2.05, 4.69) is 18.7 Å². The van der Waals surface area contributed by atoms with Crippen LogP contribution in [0.4, 0.5) is 0 Å². The summed E-state index contributed by atoms with van der Waals surface area (Å²) in [6.45, 7) is 11.5. The Morgan fingerprint density at radius 3 is 1.80 bits per heavy atom. The van der Waals surface area contributed by atoms with Gasteiger partial charge in [-0.25, -0.2) is 0 Å². The molecule has 1 fully saturated rings. The number of unbranched alkanes of at least 4 members (excludes halogenated alkanes) is 6. The van der Waals surface area contributed by atoms with Crippen molar-refractivity contribution < 1.29 is 9.59 Å². The van der Waals surface area contributed by atoms with Gasteiger partial charge in [0.05, 0.1) is 6.54 Å². The van der Waals surface area contributed by atoms with E-state index >= 15 is 0 Å². The van der Waals surface area contributed by atoms with Gasteiger partial charge < -0.3 is 9.80 Å². The standard InChI is InChI=1S/C20H39N3O2/c1-4-7-8-9-10-11-12-13-21(6-3)18-20(25)23-16-14-22(15-17-23)19(24)5-2/h4-18H2,1-3H3. The van der Waals surface area contributed by atoms with Crippen molar-refractivity contribution in [1.82, 2.24) is 14.7 Å². The van der Waals surface area contributed by atoms with Crippen molar-refractivity contribution in [2.45, 2.75) is 72.1 Å². The molecule has 1 aliphatic rings. The van der Waals surface area contributed by atoms with Gasteiger partial charge in [0.1, 0.15) is 0 Å². The first-order valence-electron chi connectivity index (χ1n) is 10.4. The Balaban J connectivity index is 2.19.